The maximum atomic E-state index is 11.7. The Morgan fingerprint density at radius 2 is 1.76 bits per heavy atom. The summed E-state index contributed by atoms with van der Waals surface area (Å²) in [6.07, 6.45) is 2.06. The van der Waals surface area contributed by atoms with Crippen LogP contribution in [-0.2, 0) is 16.3 Å². The summed E-state index contributed by atoms with van der Waals surface area (Å²) in [6, 6.07) is 15.6. The van der Waals surface area contributed by atoms with Crippen molar-refractivity contribution in [2.24, 2.45) is 0 Å². The zero-order valence-corrected chi connectivity index (χ0v) is 13.4. The maximum absolute atomic E-state index is 11.7. The number of hydrogen-bond acceptors (Lipinski definition) is 3. The first-order chi connectivity index (χ1) is 9.90. The molecule has 0 aromatic heterocycles. The van der Waals surface area contributed by atoms with Crippen molar-refractivity contribution in [3.8, 4) is 0 Å². The van der Waals surface area contributed by atoms with Crippen molar-refractivity contribution in [1.82, 2.24) is 5.32 Å². The Bertz CT molecular complexity index is 706. The summed E-state index contributed by atoms with van der Waals surface area (Å²) in [5, 5.41) is 3.27. The fourth-order valence-electron chi connectivity index (χ4n) is 2.31. The lowest BCUT2D eigenvalue weighted by Crippen LogP contribution is -2.19. The van der Waals surface area contributed by atoms with Gasteiger partial charge in [0.15, 0.2) is 9.84 Å². The molecule has 4 heteroatoms. The lowest BCUT2D eigenvalue weighted by molar-refractivity contribution is 0.587. The number of likely N-dealkylation sites (N-methyl/N-ethyl adjacent to an activating group) is 1. The van der Waals surface area contributed by atoms with Crippen molar-refractivity contribution in [3.05, 3.63) is 65.2 Å². The third kappa shape index (κ3) is 4.16. The van der Waals surface area contributed by atoms with E-state index in [4.69, 9.17) is 0 Å². The molecule has 1 unspecified atom stereocenters. The van der Waals surface area contributed by atoms with Crippen molar-refractivity contribution in [2.75, 3.05) is 13.3 Å². The molecule has 21 heavy (non-hydrogen) atoms. The second-order valence-corrected chi connectivity index (χ2v) is 7.39. The van der Waals surface area contributed by atoms with Crippen LogP contribution in [0.3, 0.4) is 0 Å². The second-order valence-electron chi connectivity index (χ2n) is 5.38. The van der Waals surface area contributed by atoms with Crippen LogP contribution in [0.5, 0.6) is 0 Å². The van der Waals surface area contributed by atoms with Crippen LogP contribution in [0.2, 0.25) is 0 Å². The molecule has 0 radical (unpaired) electrons. The normalized spacial score (nSPS) is 13.1. The molecule has 1 N–H and O–H groups in total. The van der Waals surface area contributed by atoms with E-state index in [0.717, 1.165) is 12.0 Å². The van der Waals surface area contributed by atoms with E-state index in [1.807, 2.05) is 13.1 Å². The molecule has 0 fully saturated rings. The number of nitrogens with one attached hydrogen (secondary N) is 1. The molecule has 1 atom stereocenters. The molecule has 2 aromatic carbocycles. The van der Waals surface area contributed by atoms with Gasteiger partial charge in [0.1, 0.15) is 0 Å². The molecular weight excluding hydrogens is 282 g/mol. The Morgan fingerprint density at radius 3 is 2.33 bits per heavy atom. The fraction of sp³-hybridized carbons (Fsp3) is 0.294. The summed E-state index contributed by atoms with van der Waals surface area (Å²) in [5.41, 5.74) is 3.45. The molecule has 2 rings (SSSR count). The first kappa shape index (κ1) is 15.7. The first-order valence-corrected chi connectivity index (χ1v) is 8.82. The predicted octanol–water partition coefficient (Wildman–Crippen LogP) is 2.90. The molecular formula is C17H21NO2S. The van der Waals surface area contributed by atoms with Crippen LogP contribution < -0.4 is 5.32 Å². The minimum Gasteiger partial charge on any atom is -0.313 e. The Kier molecular flexibility index (Phi) is 4.80. The molecule has 112 valence electrons. The second kappa shape index (κ2) is 6.41. The summed E-state index contributed by atoms with van der Waals surface area (Å²) < 4.78 is 23.3. The maximum Gasteiger partial charge on any atom is 0.175 e. The molecule has 0 aliphatic rings. The number of hydrogen-bond donors (Lipinski definition) is 1. The summed E-state index contributed by atoms with van der Waals surface area (Å²) >= 11 is 0. The summed E-state index contributed by atoms with van der Waals surface area (Å²) in [6.45, 7) is 2.06. The lowest BCUT2D eigenvalue weighted by atomic mass is 9.98. The van der Waals surface area contributed by atoms with Gasteiger partial charge in [0.05, 0.1) is 4.90 Å². The van der Waals surface area contributed by atoms with Gasteiger partial charge in [0.2, 0.25) is 0 Å². The molecule has 2 aromatic rings. The van der Waals surface area contributed by atoms with Crippen LogP contribution in [0.25, 0.3) is 0 Å². The number of sulfone groups is 1. The van der Waals surface area contributed by atoms with E-state index < -0.39 is 9.84 Å². The van der Waals surface area contributed by atoms with Gasteiger partial charge in [-0.3, -0.25) is 0 Å². The quantitative estimate of drug-likeness (QED) is 0.924. The SMILES string of the molecule is CNC(Cc1ccc(C)cc1)c1cccc(S(C)(=O)=O)c1. The van der Waals surface area contributed by atoms with Crippen LogP contribution in [0.1, 0.15) is 22.7 Å². The average Bonchev–Trinajstić information content (AvgIpc) is 2.46. The number of benzene rings is 2. The Morgan fingerprint density at radius 1 is 1.10 bits per heavy atom. The zero-order valence-electron chi connectivity index (χ0n) is 12.6. The molecule has 0 aliphatic carbocycles. The summed E-state index contributed by atoms with van der Waals surface area (Å²) in [7, 11) is -1.28. The van der Waals surface area contributed by atoms with E-state index in [1.54, 1.807) is 18.2 Å². The van der Waals surface area contributed by atoms with E-state index in [1.165, 1.54) is 17.4 Å². The molecule has 0 aliphatic heterocycles. The van der Waals surface area contributed by atoms with Crippen molar-refractivity contribution in [1.29, 1.82) is 0 Å². The Balaban J connectivity index is 2.27. The predicted molar refractivity (Wildman–Crippen MR) is 86.2 cm³/mol. The molecule has 0 heterocycles. The standard InChI is InChI=1S/C17H21NO2S/c1-13-7-9-14(10-8-13)11-17(18-2)15-5-4-6-16(12-15)21(3,19)20/h4-10,12,17-18H,11H2,1-3H3. The van der Waals surface area contributed by atoms with Crippen LogP contribution in [0, 0.1) is 6.92 Å². The third-order valence-corrected chi connectivity index (χ3v) is 4.71. The van der Waals surface area contributed by atoms with Gasteiger partial charge in [-0.15, -0.1) is 0 Å². The van der Waals surface area contributed by atoms with Gasteiger partial charge >= 0.3 is 0 Å². The van der Waals surface area contributed by atoms with Gasteiger partial charge in [0, 0.05) is 12.3 Å². The highest BCUT2D eigenvalue weighted by molar-refractivity contribution is 7.90. The third-order valence-electron chi connectivity index (χ3n) is 3.60. The van der Waals surface area contributed by atoms with Crippen LogP contribution in [0.15, 0.2) is 53.4 Å². The zero-order chi connectivity index (χ0) is 15.5. The Labute approximate surface area is 126 Å². The van der Waals surface area contributed by atoms with Gasteiger partial charge in [0.25, 0.3) is 0 Å². The smallest absolute Gasteiger partial charge is 0.175 e. The number of aryl methyl sites for hydroxylation is 1. The first-order valence-electron chi connectivity index (χ1n) is 6.93. The largest absolute Gasteiger partial charge is 0.313 e. The van der Waals surface area contributed by atoms with Crippen molar-refractivity contribution < 1.29 is 8.42 Å². The van der Waals surface area contributed by atoms with Crippen LogP contribution >= 0.6 is 0 Å². The topological polar surface area (TPSA) is 46.2 Å². The summed E-state index contributed by atoms with van der Waals surface area (Å²) in [4.78, 5) is 0.365. The highest BCUT2D eigenvalue weighted by atomic mass is 32.2. The molecule has 0 saturated heterocycles. The van der Waals surface area contributed by atoms with Gasteiger partial charge in [-0.2, -0.15) is 0 Å². The van der Waals surface area contributed by atoms with Gasteiger partial charge in [-0.1, -0.05) is 42.0 Å². The van der Waals surface area contributed by atoms with E-state index in [0.29, 0.717) is 4.90 Å². The fourth-order valence-corrected chi connectivity index (χ4v) is 2.98. The van der Waals surface area contributed by atoms with Crippen LogP contribution in [-0.4, -0.2) is 21.7 Å². The van der Waals surface area contributed by atoms with Crippen molar-refractivity contribution in [2.45, 2.75) is 24.3 Å². The van der Waals surface area contributed by atoms with Crippen LogP contribution in [0.4, 0.5) is 0 Å². The molecule has 0 spiro atoms. The number of rotatable bonds is 5. The van der Waals surface area contributed by atoms with Gasteiger partial charge in [-0.25, -0.2) is 8.42 Å². The lowest BCUT2D eigenvalue weighted by Gasteiger charge is -2.17. The van der Waals surface area contributed by atoms with E-state index in [-0.39, 0.29) is 6.04 Å². The minimum absolute atomic E-state index is 0.0920. The monoisotopic (exact) mass is 303 g/mol. The van der Waals surface area contributed by atoms with Gasteiger partial charge < -0.3 is 5.32 Å². The molecule has 3 nitrogen and oxygen atoms in total. The van der Waals surface area contributed by atoms with Crippen molar-refractivity contribution in [3.63, 3.8) is 0 Å². The minimum atomic E-state index is -3.17. The van der Waals surface area contributed by atoms with E-state index in [2.05, 4.69) is 36.5 Å². The van der Waals surface area contributed by atoms with Crippen molar-refractivity contribution >= 4 is 9.84 Å². The van der Waals surface area contributed by atoms with Gasteiger partial charge in [-0.05, 0) is 43.7 Å². The average molecular weight is 303 g/mol. The molecule has 0 amide bonds. The Hall–Kier alpha value is -1.65. The van der Waals surface area contributed by atoms with E-state index >= 15 is 0 Å². The molecule has 0 bridgehead atoms. The van der Waals surface area contributed by atoms with E-state index in [9.17, 15) is 8.42 Å². The highest BCUT2D eigenvalue weighted by Gasteiger charge is 2.13. The summed E-state index contributed by atoms with van der Waals surface area (Å²) in [5.74, 6) is 0. The highest BCUT2D eigenvalue weighted by Crippen LogP contribution is 2.21. The molecule has 0 saturated carbocycles.